The number of pyridine rings is 1. The number of nitrogen functional groups attached to an aromatic ring is 1. The average molecular weight is 342 g/mol. The van der Waals surface area contributed by atoms with Crippen LogP contribution in [-0.4, -0.2) is 34.2 Å². The Kier molecular flexibility index (Phi) is 5.14. The summed E-state index contributed by atoms with van der Waals surface area (Å²) in [4.78, 5) is 20.5. The number of anilines is 1. The molecule has 2 heterocycles. The van der Waals surface area contributed by atoms with E-state index in [-0.39, 0.29) is 5.97 Å². The summed E-state index contributed by atoms with van der Waals surface area (Å²) in [7, 11) is 1.40. The third kappa shape index (κ3) is 3.41. The minimum absolute atomic E-state index is 0.221. The monoisotopic (exact) mass is 342 g/mol. The van der Waals surface area contributed by atoms with E-state index in [1.165, 1.54) is 7.11 Å². The summed E-state index contributed by atoms with van der Waals surface area (Å²) in [5.41, 5.74) is 8.56. The first-order chi connectivity index (χ1) is 12.2. The molecule has 25 heavy (non-hydrogen) atoms. The lowest BCUT2D eigenvalue weighted by Gasteiger charge is -2.10. The standard InChI is InChI=1S/C18H22N4O3/c1-3-25-11-14-21-16-17(22(14)10-6-9-15(23)24-2)12-7-4-5-8-13(12)20-18(16)19/h4-5,7-8H,3,6,9-11H2,1-2H3,(H2,19,20). The lowest BCUT2D eigenvalue weighted by Crippen LogP contribution is -2.08. The van der Waals surface area contributed by atoms with Crippen molar-refractivity contribution in [1.29, 1.82) is 0 Å². The number of methoxy groups -OCH3 is 1. The van der Waals surface area contributed by atoms with Gasteiger partial charge in [0, 0.05) is 25.0 Å². The predicted octanol–water partition coefficient (Wildman–Crippen LogP) is 2.66. The van der Waals surface area contributed by atoms with Gasteiger partial charge in [-0.05, 0) is 19.4 Å². The Bertz CT molecular complexity index is 904. The third-order valence-corrected chi connectivity index (χ3v) is 4.11. The highest BCUT2D eigenvalue weighted by Crippen LogP contribution is 2.29. The lowest BCUT2D eigenvalue weighted by molar-refractivity contribution is -0.140. The maximum Gasteiger partial charge on any atom is 0.305 e. The lowest BCUT2D eigenvalue weighted by atomic mass is 10.2. The Balaban J connectivity index is 2.10. The number of hydrogen-bond donors (Lipinski definition) is 1. The average Bonchev–Trinajstić information content (AvgIpc) is 2.99. The molecule has 132 valence electrons. The second kappa shape index (κ2) is 7.48. The number of carbonyl (C=O) groups is 1. The van der Waals surface area contributed by atoms with E-state index in [1.807, 2.05) is 31.2 Å². The van der Waals surface area contributed by atoms with Crippen LogP contribution in [0.15, 0.2) is 24.3 Å². The van der Waals surface area contributed by atoms with Gasteiger partial charge in [-0.1, -0.05) is 18.2 Å². The summed E-state index contributed by atoms with van der Waals surface area (Å²) in [5, 5.41) is 0.986. The van der Waals surface area contributed by atoms with E-state index < -0.39 is 0 Å². The van der Waals surface area contributed by atoms with Gasteiger partial charge in [0.15, 0.2) is 5.82 Å². The summed E-state index contributed by atoms with van der Waals surface area (Å²) in [6, 6.07) is 7.83. The highest BCUT2D eigenvalue weighted by atomic mass is 16.5. The summed E-state index contributed by atoms with van der Waals surface area (Å²) in [5.74, 6) is 0.964. The van der Waals surface area contributed by atoms with Crippen molar-refractivity contribution >= 4 is 33.7 Å². The van der Waals surface area contributed by atoms with E-state index in [9.17, 15) is 4.79 Å². The van der Waals surface area contributed by atoms with Crippen molar-refractivity contribution in [2.75, 3.05) is 19.5 Å². The minimum Gasteiger partial charge on any atom is -0.469 e. The third-order valence-electron chi connectivity index (χ3n) is 4.11. The number of nitrogens with two attached hydrogens (primary N) is 1. The van der Waals surface area contributed by atoms with Gasteiger partial charge in [-0.2, -0.15) is 0 Å². The van der Waals surface area contributed by atoms with Gasteiger partial charge in [-0.3, -0.25) is 4.79 Å². The number of carbonyl (C=O) groups excluding carboxylic acids is 1. The zero-order valence-corrected chi connectivity index (χ0v) is 14.5. The second-order valence-electron chi connectivity index (χ2n) is 5.71. The van der Waals surface area contributed by atoms with Crippen LogP contribution in [-0.2, 0) is 27.4 Å². The molecular formula is C18H22N4O3. The number of nitrogens with zero attached hydrogens (tertiary/aromatic N) is 3. The van der Waals surface area contributed by atoms with Crippen LogP contribution < -0.4 is 5.73 Å². The van der Waals surface area contributed by atoms with Crippen molar-refractivity contribution in [3.63, 3.8) is 0 Å². The Hall–Kier alpha value is -2.67. The molecule has 0 atom stereocenters. The maximum absolute atomic E-state index is 11.4. The molecule has 0 aliphatic rings. The number of imidazole rings is 1. The number of benzene rings is 1. The number of ether oxygens (including phenoxy) is 2. The molecule has 7 nitrogen and oxygen atoms in total. The van der Waals surface area contributed by atoms with E-state index in [2.05, 4.69) is 14.5 Å². The molecule has 0 aliphatic carbocycles. The van der Waals surface area contributed by atoms with Crippen LogP contribution in [0.3, 0.4) is 0 Å². The van der Waals surface area contributed by atoms with Gasteiger partial charge in [0.25, 0.3) is 0 Å². The van der Waals surface area contributed by atoms with Gasteiger partial charge in [-0.15, -0.1) is 0 Å². The van der Waals surface area contributed by atoms with E-state index in [0.717, 1.165) is 22.2 Å². The predicted molar refractivity (Wildman–Crippen MR) is 96.0 cm³/mol. The molecular weight excluding hydrogens is 320 g/mol. The van der Waals surface area contributed by atoms with E-state index in [4.69, 9.17) is 15.2 Å². The molecule has 0 fully saturated rings. The summed E-state index contributed by atoms with van der Waals surface area (Å²) in [6.45, 7) is 3.55. The first-order valence-corrected chi connectivity index (χ1v) is 8.33. The maximum atomic E-state index is 11.4. The topological polar surface area (TPSA) is 92.3 Å². The number of para-hydroxylation sites is 1. The molecule has 0 amide bonds. The number of fused-ring (bicyclic) bond motifs is 3. The van der Waals surface area contributed by atoms with E-state index in [0.29, 0.717) is 43.9 Å². The Morgan fingerprint density at radius 1 is 1.28 bits per heavy atom. The van der Waals surface area contributed by atoms with Gasteiger partial charge in [0.2, 0.25) is 0 Å². The molecule has 0 radical (unpaired) electrons. The zero-order chi connectivity index (χ0) is 17.8. The first kappa shape index (κ1) is 17.2. The van der Waals surface area contributed by atoms with Crippen LogP contribution in [0.2, 0.25) is 0 Å². The SMILES string of the molecule is CCOCc1nc2c(N)nc3ccccc3c2n1CCCC(=O)OC. The van der Waals surface area contributed by atoms with Crippen LogP contribution in [0.4, 0.5) is 5.82 Å². The van der Waals surface area contributed by atoms with Gasteiger partial charge < -0.3 is 19.8 Å². The van der Waals surface area contributed by atoms with Crippen LogP contribution in [0, 0.1) is 0 Å². The van der Waals surface area contributed by atoms with Gasteiger partial charge in [0.1, 0.15) is 17.9 Å². The van der Waals surface area contributed by atoms with Crippen LogP contribution in [0.5, 0.6) is 0 Å². The summed E-state index contributed by atoms with van der Waals surface area (Å²) in [6.07, 6.45) is 0.997. The quantitative estimate of drug-likeness (QED) is 0.664. The van der Waals surface area contributed by atoms with Gasteiger partial charge in [-0.25, -0.2) is 9.97 Å². The first-order valence-electron chi connectivity index (χ1n) is 8.33. The van der Waals surface area contributed by atoms with E-state index in [1.54, 1.807) is 0 Å². The molecule has 2 N–H and O–H groups in total. The number of aromatic nitrogens is 3. The van der Waals surface area contributed by atoms with Crippen molar-refractivity contribution in [3.8, 4) is 0 Å². The molecule has 2 aromatic heterocycles. The highest BCUT2D eigenvalue weighted by Gasteiger charge is 2.17. The number of esters is 1. The van der Waals surface area contributed by atoms with Gasteiger partial charge in [0.05, 0.1) is 18.1 Å². The fourth-order valence-corrected chi connectivity index (χ4v) is 2.93. The van der Waals surface area contributed by atoms with Crippen molar-refractivity contribution in [3.05, 3.63) is 30.1 Å². The number of aryl methyl sites for hydroxylation is 1. The van der Waals surface area contributed by atoms with Crippen molar-refractivity contribution in [2.45, 2.75) is 32.9 Å². The fraction of sp³-hybridized carbons (Fsp3) is 0.389. The van der Waals surface area contributed by atoms with Gasteiger partial charge >= 0.3 is 5.97 Å². The molecule has 3 rings (SSSR count). The van der Waals surface area contributed by atoms with Crippen LogP contribution in [0.1, 0.15) is 25.6 Å². The Labute approximate surface area is 145 Å². The molecule has 7 heteroatoms. The zero-order valence-electron chi connectivity index (χ0n) is 14.5. The van der Waals surface area contributed by atoms with Crippen molar-refractivity contribution in [2.24, 2.45) is 0 Å². The van der Waals surface area contributed by atoms with Crippen LogP contribution >= 0.6 is 0 Å². The molecule has 0 saturated carbocycles. The Morgan fingerprint density at radius 2 is 2.08 bits per heavy atom. The molecule has 0 bridgehead atoms. The molecule has 3 aromatic rings. The molecule has 0 saturated heterocycles. The molecule has 1 aromatic carbocycles. The smallest absolute Gasteiger partial charge is 0.305 e. The van der Waals surface area contributed by atoms with E-state index >= 15 is 0 Å². The van der Waals surface area contributed by atoms with Crippen molar-refractivity contribution in [1.82, 2.24) is 14.5 Å². The number of rotatable bonds is 7. The van der Waals surface area contributed by atoms with Crippen molar-refractivity contribution < 1.29 is 14.3 Å². The molecule has 0 aliphatic heterocycles. The number of hydrogen-bond acceptors (Lipinski definition) is 6. The Morgan fingerprint density at radius 3 is 2.84 bits per heavy atom. The van der Waals surface area contributed by atoms with Crippen LogP contribution in [0.25, 0.3) is 21.9 Å². The fourth-order valence-electron chi connectivity index (χ4n) is 2.93. The largest absolute Gasteiger partial charge is 0.469 e. The summed E-state index contributed by atoms with van der Waals surface area (Å²) >= 11 is 0. The summed E-state index contributed by atoms with van der Waals surface area (Å²) < 4.78 is 12.4. The second-order valence-corrected chi connectivity index (χ2v) is 5.71. The molecule has 0 spiro atoms. The minimum atomic E-state index is -0.221. The molecule has 0 unspecified atom stereocenters. The normalized spacial score (nSPS) is 11.3. The highest BCUT2D eigenvalue weighted by molar-refractivity contribution is 6.06.